The molecule has 0 saturated heterocycles. The summed E-state index contributed by atoms with van der Waals surface area (Å²) in [6.07, 6.45) is -1.04. The molecule has 1 aliphatic rings. The van der Waals surface area contributed by atoms with Gasteiger partial charge in [-0.2, -0.15) is 0 Å². The van der Waals surface area contributed by atoms with Gasteiger partial charge < -0.3 is 24.8 Å². The van der Waals surface area contributed by atoms with E-state index in [-0.39, 0.29) is 11.5 Å². The zero-order valence-corrected chi connectivity index (χ0v) is 17.4. The van der Waals surface area contributed by atoms with E-state index in [0.717, 1.165) is 4.88 Å². The van der Waals surface area contributed by atoms with Crippen molar-refractivity contribution in [1.82, 2.24) is 0 Å². The molecule has 1 atom stereocenters. The summed E-state index contributed by atoms with van der Waals surface area (Å²) >= 11 is 1.29. The standard InChI is InChI=1S/C20H22N2O6S/c1-10-12(3)29-19(21-13(4)23)17(10)20(25)28-11(2)18(24)22-14-5-6-15-16(9-14)27-8-7-26-15/h5-6,9,11H,7-8H2,1-4H3,(H,21,23)(H,22,24)/t11-/m1/s1. The highest BCUT2D eigenvalue weighted by molar-refractivity contribution is 7.16. The van der Waals surface area contributed by atoms with Gasteiger partial charge >= 0.3 is 5.97 Å². The van der Waals surface area contributed by atoms with Gasteiger partial charge in [-0.25, -0.2) is 4.79 Å². The van der Waals surface area contributed by atoms with Crippen LogP contribution in [0.3, 0.4) is 0 Å². The van der Waals surface area contributed by atoms with Crippen molar-refractivity contribution >= 4 is 39.8 Å². The lowest BCUT2D eigenvalue weighted by Gasteiger charge is -2.19. The van der Waals surface area contributed by atoms with Crippen LogP contribution in [0.4, 0.5) is 10.7 Å². The Morgan fingerprint density at radius 2 is 1.79 bits per heavy atom. The van der Waals surface area contributed by atoms with E-state index >= 15 is 0 Å². The summed E-state index contributed by atoms with van der Waals surface area (Å²) in [7, 11) is 0. The molecular weight excluding hydrogens is 396 g/mol. The van der Waals surface area contributed by atoms with Crippen molar-refractivity contribution in [3.63, 3.8) is 0 Å². The fourth-order valence-electron chi connectivity index (χ4n) is 2.76. The number of hydrogen-bond acceptors (Lipinski definition) is 7. The number of fused-ring (bicyclic) bond motifs is 1. The Balaban J connectivity index is 1.68. The summed E-state index contributed by atoms with van der Waals surface area (Å²) in [4.78, 5) is 37.4. The van der Waals surface area contributed by atoms with Crippen molar-refractivity contribution in [3.05, 3.63) is 34.2 Å². The zero-order chi connectivity index (χ0) is 21.1. The number of thiophene rings is 1. The van der Waals surface area contributed by atoms with Gasteiger partial charge in [0.15, 0.2) is 17.6 Å². The number of nitrogens with one attached hydrogen (secondary N) is 2. The molecule has 1 aliphatic heterocycles. The number of amides is 2. The van der Waals surface area contributed by atoms with E-state index in [1.165, 1.54) is 25.2 Å². The lowest BCUT2D eigenvalue weighted by atomic mass is 10.1. The lowest BCUT2D eigenvalue weighted by Crippen LogP contribution is -2.30. The zero-order valence-electron chi connectivity index (χ0n) is 16.6. The number of hydrogen-bond donors (Lipinski definition) is 2. The normalized spacial score (nSPS) is 13.4. The fourth-order valence-corrected chi connectivity index (χ4v) is 3.85. The van der Waals surface area contributed by atoms with Crippen molar-refractivity contribution in [2.75, 3.05) is 23.8 Å². The molecule has 0 spiro atoms. The molecule has 8 nitrogen and oxygen atoms in total. The van der Waals surface area contributed by atoms with Crippen LogP contribution in [0, 0.1) is 13.8 Å². The molecule has 9 heteroatoms. The molecule has 2 N–H and O–H groups in total. The van der Waals surface area contributed by atoms with Gasteiger partial charge in [0.1, 0.15) is 18.2 Å². The van der Waals surface area contributed by atoms with Gasteiger partial charge in [-0.15, -0.1) is 11.3 Å². The number of rotatable bonds is 5. The van der Waals surface area contributed by atoms with E-state index in [0.29, 0.717) is 41.0 Å². The highest BCUT2D eigenvalue weighted by Gasteiger charge is 2.26. The van der Waals surface area contributed by atoms with Crippen LogP contribution in [0.1, 0.15) is 34.6 Å². The van der Waals surface area contributed by atoms with E-state index in [4.69, 9.17) is 14.2 Å². The Hall–Kier alpha value is -3.07. The molecule has 2 heterocycles. The smallest absolute Gasteiger partial charge is 0.342 e. The quantitative estimate of drug-likeness (QED) is 0.723. The molecule has 0 aliphatic carbocycles. The first-order valence-corrected chi connectivity index (χ1v) is 9.87. The molecule has 0 bridgehead atoms. The van der Waals surface area contributed by atoms with E-state index in [9.17, 15) is 14.4 Å². The Morgan fingerprint density at radius 1 is 1.10 bits per heavy atom. The van der Waals surface area contributed by atoms with Crippen molar-refractivity contribution in [2.24, 2.45) is 0 Å². The molecule has 29 heavy (non-hydrogen) atoms. The number of aryl methyl sites for hydroxylation is 1. The highest BCUT2D eigenvalue weighted by atomic mass is 32.1. The Kier molecular flexibility index (Phi) is 6.07. The minimum atomic E-state index is -1.04. The van der Waals surface area contributed by atoms with Crippen molar-refractivity contribution in [3.8, 4) is 11.5 Å². The first-order chi connectivity index (χ1) is 13.8. The van der Waals surface area contributed by atoms with Crippen LogP contribution < -0.4 is 20.1 Å². The molecule has 154 valence electrons. The lowest BCUT2D eigenvalue weighted by molar-refractivity contribution is -0.123. The second kappa shape index (κ2) is 8.52. The SMILES string of the molecule is CC(=O)Nc1sc(C)c(C)c1C(=O)O[C@H](C)C(=O)Nc1ccc2c(c1)OCCO2. The van der Waals surface area contributed by atoms with Crippen LogP contribution in [-0.2, 0) is 14.3 Å². The summed E-state index contributed by atoms with van der Waals surface area (Å²) in [6, 6.07) is 5.04. The molecule has 1 aromatic carbocycles. The molecule has 1 aromatic heterocycles. The van der Waals surface area contributed by atoms with Crippen LogP contribution in [-0.4, -0.2) is 37.1 Å². The summed E-state index contributed by atoms with van der Waals surface area (Å²) in [5.41, 5.74) is 1.48. The number of ether oxygens (including phenoxy) is 3. The van der Waals surface area contributed by atoms with E-state index in [2.05, 4.69) is 10.6 Å². The van der Waals surface area contributed by atoms with Gasteiger partial charge in [-0.05, 0) is 38.5 Å². The van der Waals surface area contributed by atoms with Gasteiger partial charge in [0.2, 0.25) is 5.91 Å². The topological polar surface area (TPSA) is 103 Å². The minimum absolute atomic E-state index is 0.265. The maximum absolute atomic E-state index is 12.7. The Bertz CT molecular complexity index is 968. The van der Waals surface area contributed by atoms with Crippen LogP contribution in [0.15, 0.2) is 18.2 Å². The first kappa shape index (κ1) is 20.7. The summed E-state index contributed by atoms with van der Waals surface area (Å²) in [6.45, 7) is 7.39. The summed E-state index contributed by atoms with van der Waals surface area (Å²) < 4.78 is 16.3. The van der Waals surface area contributed by atoms with Crippen LogP contribution in [0.2, 0.25) is 0 Å². The van der Waals surface area contributed by atoms with Gasteiger partial charge in [0.05, 0.1) is 5.56 Å². The van der Waals surface area contributed by atoms with Crippen molar-refractivity contribution < 1.29 is 28.6 Å². The number of benzene rings is 1. The third-order valence-corrected chi connectivity index (χ3v) is 5.46. The van der Waals surface area contributed by atoms with Gasteiger partial charge in [-0.3, -0.25) is 9.59 Å². The van der Waals surface area contributed by atoms with Gasteiger partial charge in [-0.1, -0.05) is 0 Å². The summed E-state index contributed by atoms with van der Waals surface area (Å²) in [5.74, 6) is -0.281. The van der Waals surface area contributed by atoms with Crippen LogP contribution in [0.25, 0.3) is 0 Å². The number of esters is 1. The molecule has 0 saturated carbocycles. The molecule has 2 amide bonds. The minimum Gasteiger partial charge on any atom is -0.486 e. The van der Waals surface area contributed by atoms with Crippen molar-refractivity contribution in [1.29, 1.82) is 0 Å². The molecule has 3 rings (SSSR count). The van der Waals surface area contributed by atoms with Gasteiger partial charge in [0, 0.05) is 23.6 Å². The molecule has 2 aromatic rings. The summed E-state index contributed by atoms with van der Waals surface area (Å²) in [5, 5.41) is 5.75. The maximum atomic E-state index is 12.7. The Labute approximate surface area is 172 Å². The third-order valence-electron chi connectivity index (χ3n) is 4.34. The predicted molar refractivity (Wildman–Crippen MR) is 109 cm³/mol. The van der Waals surface area contributed by atoms with Crippen LogP contribution in [0.5, 0.6) is 11.5 Å². The van der Waals surface area contributed by atoms with Crippen LogP contribution >= 0.6 is 11.3 Å². The van der Waals surface area contributed by atoms with Gasteiger partial charge in [0.25, 0.3) is 5.91 Å². The largest absolute Gasteiger partial charge is 0.486 e. The first-order valence-electron chi connectivity index (χ1n) is 9.05. The predicted octanol–water partition coefficient (Wildman–Crippen LogP) is 3.28. The van der Waals surface area contributed by atoms with Crippen molar-refractivity contribution in [2.45, 2.75) is 33.8 Å². The highest BCUT2D eigenvalue weighted by Crippen LogP contribution is 2.34. The van der Waals surface area contributed by atoms with E-state index < -0.39 is 18.0 Å². The monoisotopic (exact) mass is 418 g/mol. The second-order valence-corrected chi connectivity index (χ2v) is 7.79. The van der Waals surface area contributed by atoms with E-state index in [1.807, 2.05) is 6.92 Å². The average Bonchev–Trinajstić information content (AvgIpc) is 2.94. The number of carbonyl (C=O) groups excluding carboxylic acids is 3. The second-order valence-electron chi connectivity index (χ2n) is 6.56. The van der Waals surface area contributed by atoms with E-state index in [1.54, 1.807) is 25.1 Å². The third kappa shape index (κ3) is 4.68. The molecule has 0 fully saturated rings. The Morgan fingerprint density at radius 3 is 2.48 bits per heavy atom. The number of anilines is 2. The average molecular weight is 418 g/mol. The molecule has 0 unspecified atom stereocenters. The fraction of sp³-hybridized carbons (Fsp3) is 0.350. The number of carbonyl (C=O) groups is 3. The molecular formula is C20H22N2O6S. The maximum Gasteiger partial charge on any atom is 0.342 e. The molecule has 0 radical (unpaired) electrons.